The van der Waals surface area contributed by atoms with Crippen LogP contribution < -0.4 is 9.80 Å². The molecule has 3 heterocycles. The summed E-state index contributed by atoms with van der Waals surface area (Å²) in [6, 6.07) is 6.67. The number of aromatic nitrogens is 3. The molecule has 5 nitrogen and oxygen atoms in total. The SMILES string of the molecule is CN(c1nc2ccc(Br)cc2s1)C1CN(c2cnccn2)C1. The van der Waals surface area contributed by atoms with Crippen LogP contribution in [0, 0.1) is 0 Å². The highest BCUT2D eigenvalue weighted by atomic mass is 79.9. The van der Waals surface area contributed by atoms with Crippen LogP contribution in [0.4, 0.5) is 10.9 Å². The van der Waals surface area contributed by atoms with Crippen LogP contribution in [0.2, 0.25) is 0 Å². The quantitative estimate of drug-likeness (QED) is 0.703. The Bertz CT molecular complexity index is 800. The molecule has 0 aliphatic carbocycles. The van der Waals surface area contributed by atoms with Gasteiger partial charge in [-0.15, -0.1) is 0 Å². The van der Waals surface area contributed by atoms with Crippen molar-refractivity contribution in [3.05, 3.63) is 41.3 Å². The predicted octanol–water partition coefficient (Wildman–Crippen LogP) is 3.17. The van der Waals surface area contributed by atoms with Gasteiger partial charge in [-0.2, -0.15) is 0 Å². The number of rotatable bonds is 3. The molecule has 0 amide bonds. The van der Waals surface area contributed by atoms with Gasteiger partial charge in [-0.1, -0.05) is 27.3 Å². The van der Waals surface area contributed by atoms with Gasteiger partial charge in [0.25, 0.3) is 0 Å². The summed E-state index contributed by atoms with van der Waals surface area (Å²) in [6.45, 7) is 1.91. The lowest BCUT2D eigenvalue weighted by Crippen LogP contribution is -2.59. The van der Waals surface area contributed by atoms with E-state index in [0.29, 0.717) is 6.04 Å². The van der Waals surface area contributed by atoms with Crippen molar-refractivity contribution < 1.29 is 0 Å². The number of thiazole rings is 1. The van der Waals surface area contributed by atoms with Crippen LogP contribution in [-0.2, 0) is 0 Å². The largest absolute Gasteiger partial charge is 0.351 e. The van der Waals surface area contributed by atoms with E-state index in [0.717, 1.165) is 34.0 Å². The van der Waals surface area contributed by atoms with Gasteiger partial charge in [0.1, 0.15) is 5.82 Å². The summed E-state index contributed by atoms with van der Waals surface area (Å²) >= 11 is 5.24. The Balaban J connectivity index is 1.49. The second-order valence-electron chi connectivity index (χ2n) is 5.34. The third-order valence-electron chi connectivity index (χ3n) is 3.92. The van der Waals surface area contributed by atoms with E-state index < -0.39 is 0 Å². The smallest absolute Gasteiger partial charge is 0.186 e. The van der Waals surface area contributed by atoms with E-state index in [4.69, 9.17) is 4.98 Å². The van der Waals surface area contributed by atoms with E-state index in [9.17, 15) is 0 Å². The number of anilines is 2. The Morgan fingerprint density at radius 1 is 1.32 bits per heavy atom. The van der Waals surface area contributed by atoms with Gasteiger partial charge < -0.3 is 9.80 Å². The molecule has 0 bridgehead atoms. The molecule has 1 aromatic carbocycles. The third-order valence-corrected chi connectivity index (χ3v) is 5.53. The maximum atomic E-state index is 4.73. The summed E-state index contributed by atoms with van der Waals surface area (Å²) in [4.78, 5) is 17.7. The highest BCUT2D eigenvalue weighted by Gasteiger charge is 2.32. The Hall–Kier alpha value is -1.73. The van der Waals surface area contributed by atoms with Gasteiger partial charge >= 0.3 is 0 Å². The number of likely N-dealkylation sites (N-methyl/N-ethyl adjacent to an activating group) is 1. The zero-order valence-electron chi connectivity index (χ0n) is 12.0. The monoisotopic (exact) mass is 375 g/mol. The fourth-order valence-electron chi connectivity index (χ4n) is 2.54. The summed E-state index contributed by atoms with van der Waals surface area (Å²) in [5.74, 6) is 0.945. The van der Waals surface area contributed by atoms with Gasteiger partial charge in [0.2, 0.25) is 0 Å². The van der Waals surface area contributed by atoms with Crippen molar-refractivity contribution in [2.75, 3.05) is 29.9 Å². The molecule has 4 rings (SSSR count). The van der Waals surface area contributed by atoms with Crippen LogP contribution in [-0.4, -0.2) is 41.1 Å². The lowest BCUT2D eigenvalue weighted by Gasteiger charge is -2.44. The van der Waals surface area contributed by atoms with E-state index in [1.807, 2.05) is 12.3 Å². The van der Waals surface area contributed by atoms with Crippen molar-refractivity contribution in [2.45, 2.75) is 6.04 Å². The van der Waals surface area contributed by atoms with E-state index in [2.05, 4.69) is 54.9 Å². The lowest BCUT2D eigenvalue weighted by atomic mass is 10.1. The number of nitrogens with zero attached hydrogens (tertiary/aromatic N) is 5. The summed E-state index contributed by atoms with van der Waals surface area (Å²) in [5, 5.41) is 1.07. The van der Waals surface area contributed by atoms with Crippen LogP contribution >= 0.6 is 27.3 Å². The third kappa shape index (κ3) is 2.44. The fraction of sp³-hybridized carbons (Fsp3) is 0.267. The van der Waals surface area contributed by atoms with Crippen molar-refractivity contribution in [1.29, 1.82) is 0 Å². The normalized spacial score (nSPS) is 15.1. The molecule has 1 aliphatic heterocycles. The van der Waals surface area contributed by atoms with Crippen LogP contribution in [0.15, 0.2) is 41.3 Å². The van der Waals surface area contributed by atoms with Crippen molar-refractivity contribution in [2.24, 2.45) is 0 Å². The molecule has 1 aliphatic rings. The minimum absolute atomic E-state index is 0.464. The summed E-state index contributed by atoms with van der Waals surface area (Å²) in [5.41, 5.74) is 1.06. The standard InChI is InChI=1S/C15H14BrN5S/c1-20(11-8-21(9-11)14-7-17-4-5-18-14)15-19-12-3-2-10(16)6-13(12)22-15/h2-7,11H,8-9H2,1H3. The second kappa shape index (κ2) is 5.48. The average molecular weight is 376 g/mol. The first-order chi connectivity index (χ1) is 10.7. The van der Waals surface area contributed by atoms with Gasteiger partial charge in [0.05, 0.1) is 22.5 Å². The number of fused-ring (bicyclic) bond motifs is 1. The highest BCUT2D eigenvalue weighted by molar-refractivity contribution is 9.10. The molecule has 0 atom stereocenters. The Morgan fingerprint density at radius 2 is 2.18 bits per heavy atom. The maximum Gasteiger partial charge on any atom is 0.186 e. The Labute approximate surface area is 140 Å². The molecule has 0 saturated carbocycles. The minimum Gasteiger partial charge on any atom is -0.351 e. The molecule has 0 unspecified atom stereocenters. The van der Waals surface area contributed by atoms with Gasteiger partial charge in [-0.25, -0.2) is 9.97 Å². The van der Waals surface area contributed by atoms with E-state index in [1.165, 1.54) is 4.70 Å². The maximum absolute atomic E-state index is 4.73. The van der Waals surface area contributed by atoms with Crippen molar-refractivity contribution >= 4 is 48.4 Å². The van der Waals surface area contributed by atoms with Gasteiger partial charge in [0, 0.05) is 37.0 Å². The molecule has 1 fully saturated rings. The Morgan fingerprint density at radius 3 is 2.95 bits per heavy atom. The highest BCUT2D eigenvalue weighted by Crippen LogP contribution is 2.32. The number of hydrogen-bond donors (Lipinski definition) is 0. The molecule has 0 N–H and O–H groups in total. The van der Waals surface area contributed by atoms with Crippen LogP contribution in [0.5, 0.6) is 0 Å². The Kier molecular flexibility index (Phi) is 3.46. The summed E-state index contributed by atoms with van der Waals surface area (Å²) < 4.78 is 2.30. The van der Waals surface area contributed by atoms with Crippen LogP contribution in [0.1, 0.15) is 0 Å². The molecule has 0 radical (unpaired) electrons. The van der Waals surface area contributed by atoms with E-state index in [-0.39, 0.29) is 0 Å². The first kappa shape index (κ1) is 13.9. The molecule has 22 heavy (non-hydrogen) atoms. The first-order valence-corrected chi connectivity index (χ1v) is 8.61. The van der Waals surface area contributed by atoms with E-state index >= 15 is 0 Å². The van der Waals surface area contributed by atoms with Crippen LogP contribution in [0.25, 0.3) is 10.2 Å². The van der Waals surface area contributed by atoms with Crippen molar-refractivity contribution in [3.63, 3.8) is 0 Å². The van der Waals surface area contributed by atoms with E-state index in [1.54, 1.807) is 23.7 Å². The predicted molar refractivity (Wildman–Crippen MR) is 93.8 cm³/mol. The number of benzene rings is 1. The molecular formula is C15H14BrN5S. The molecule has 3 aromatic rings. The first-order valence-electron chi connectivity index (χ1n) is 7.00. The van der Waals surface area contributed by atoms with Crippen molar-refractivity contribution in [3.8, 4) is 0 Å². The number of halogens is 1. The fourth-order valence-corrected chi connectivity index (χ4v) is 4.09. The zero-order chi connectivity index (χ0) is 15.1. The van der Waals surface area contributed by atoms with Crippen molar-refractivity contribution in [1.82, 2.24) is 15.0 Å². The zero-order valence-corrected chi connectivity index (χ0v) is 14.4. The molecule has 1 saturated heterocycles. The topological polar surface area (TPSA) is 45.2 Å². The lowest BCUT2D eigenvalue weighted by molar-refractivity contribution is 0.491. The number of hydrogen-bond acceptors (Lipinski definition) is 6. The van der Waals surface area contributed by atoms with Gasteiger partial charge in [-0.05, 0) is 18.2 Å². The van der Waals surface area contributed by atoms with Gasteiger partial charge in [-0.3, -0.25) is 4.98 Å². The second-order valence-corrected chi connectivity index (χ2v) is 7.27. The average Bonchev–Trinajstić information content (AvgIpc) is 2.89. The van der Waals surface area contributed by atoms with Crippen LogP contribution in [0.3, 0.4) is 0 Å². The molecular weight excluding hydrogens is 362 g/mol. The molecule has 0 spiro atoms. The minimum atomic E-state index is 0.464. The molecule has 2 aromatic heterocycles. The summed E-state index contributed by atoms with van der Waals surface area (Å²) in [6.07, 6.45) is 5.25. The molecule has 112 valence electrons. The molecule has 7 heteroatoms. The summed E-state index contributed by atoms with van der Waals surface area (Å²) in [7, 11) is 2.12. The van der Waals surface area contributed by atoms with Gasteiger partial charge in [0.15, 0.2) is 5.13 Å².